The number of rotatable bonds is 4. The summed E-state index contributed by atoms with van der Waals surface area (Å²) in [6, 6.07) is 0. The van der Waals surface area contributed by atoms with Gasteiger partial charge in [-0.3, -0.25) is 4.57 Å². The molecule has 0 aliphatic carbocycles. The second-order valence-corrected chi connectivity index (χ2v) is 7.13. The van der Waals surface area contributed by atoms with Crippen molar-refractivity contribution >= 4 is 7.37 Å². The highest BCUT2D eigenvalue weighted by atomic mass is 31.2. The van der Waals surface area contributed by atoms with Crippen LogP contribution in [-0.4, -0.2) is 25.8 Å². The van der Waals surface area contributed by atoms with Crippen LogP contribution in [0.25, 0.3) is 0 Å². The molecule has 0 amide bonds. The van der Waals surface area contributed by atoms with E-state index in [1.54, 1.807) is 26.8 Å². The van der Waals surface area contributed by atoms with Gasteiger partial charge in [0.15, 0.2) is 5.34 Å². The second-order valence-electron chi connectivity index (χ2n) is 4.14. The maximum Gasteiger partial charge on any atom is 0.265 e. The van der Waals surface area contributed by atoms with E-state index in [1.807, 2.05) is 0 Å². The minimum Gasteiger partial charge on any atom is -0.380 e. The number of hydrogen-bond acceptors (Lipinski definition) is 3. The van der Waals surface area contributed by atoms with Crippen LogP contribution in [0.15, 0.2) is 11.6 Å². The topological polar surface area (TPSA) is 77.8 Å². The van der Waals surface area contributed by atoms with E-state index in [0.29, 0.717) is 5.57 Å². The molecule has 0 aliphatic heterocycles. The Kier molecular flexibility index (Phi) is 4.34. The zero-order chi connectivity index (χ0) is 12.5. The van der Waals surface area contributed by atoms with E-state index in [2.05, 4.69) is 0 Å². The van der Waals surface area contributed by atoms with Crippen molar-refractivity contribution in [1.29, 1.82) is 0 Å². The van der Waals surface area contributed by atoms with E-state index in [-0.39, 0.29) is 6.42 Å². The molecule has 0 fully saturated rings. The summed E-state index contributed by atoms with van der Waals surface area (Å²) >= 11 is 0. The highest BCUT2D eigenvalue weighted by molar-refractivity contribution is 7.61. The molecule has 0 aromatic heterocycles. The maximum atomic E-state index is 12.1. The summed E-state index contributed by atoms with van der Waals surface area (Å²) in [6.07, 6.45) is 1.67. The van der Waals surface area contributed by atoms with Gasteiger partial charge in [-0.2, -0.15) is 0 Å². The van der Waals surface area contributed by atoms with Gasteiger partial charge in [0.25, 0.3) is 7.37 Å². The lowest BCUT2D eigenvalue weighted by atomic mass is 10.2. The Labute approximate surface area is 91.1 Å². The molecule has 4 nitrogen and oxygen atoms in total. The monoisotopic (exact) mass is 236 g/mol. The molecule has 3 N–H and O–H groups in total. The third kappa shape index (κ3) is 2.34. The Balaban J connectivity index is 5.48. The van der Waals surface area contributed by atoms with Gasteiger partial charge in [0.1, 0.15) is 5.34 Å². The molecular formula is C10H21O4P. The average Bonchev–Trinajstić information content (AvgIpc) is 2.15. The lowest BCUT2D eigenvalue weighted by molar-refractivity contribution is 0.0890. The Morgan fingerprint density at radius 2 is 1.80 bits per heavy atom. The first-order chi connectivity index (χ1) is 6.54. The van der Waals surface area contributed by atoms with E-state index in [1.165, 1.54) is 13.8 Å². The van der Waals surface area contributed by atoms with Crippen molar-refractivity contribution in [3.63, 3.8) is 0 Å². The molecule has 0 aromatic carbocycles. The first-order valence-corrected chi connectivity index (χ1v) is 6.61. The van der Waals surface area contributed by atoms with Gasteiger partial charge in [-0.05, 0) is 39.7 Å². The van der Waals surface area contributed by atoms with Crippen LogP contribution >= 0.6 is 7.37 Å². The van der Waals surface area contributed by atoms with E-state index in [9.17, 15) is 19.7 Å². The average molecular weight is 236 g/mol. The standard InChI is InChI=1S/C10H21O4P/c1-6-8(3)10(5,12)15(13,14)9(4,11)7-2/h6,11-12H,7H2,1-5H3,(H,13,14). The van der Waals surface area contributed by atoms with E-state index < -0.39 is 18.1 Å². The summed E-state index contributed by atoms with van der Waals surface area (Å²) in [7, 11) is -4.13. The summed E-state index contributed by atoms with van der Waals surface area (Å²) in [5, 5.41) is 16.2. The highest BCUT2D eigenvalue weighted by Crippen LogP contribution is 2.65. The second kappa shape index (κ2) is 4.38. The quantitative estimate of drug-likeness (QED) is 0.515. The zero-order valence-corrected chi connectivity index (χ0v) is 10.9. The molecule has 15 heavy (non-hydrogen) atoms. The first-order valence-electron chi connectivity index (χ1n) is 4.95. The highest BCUT2D eigenvalue weighted by Gasteiger charge is 2.53. The molecule has 3 unspecified atom stereocenters. The molecular weight excluding hydrogens is 215 g/mol. The van der Waals surface area contributed by atoms with Gasteiger partial charge in [-0.1, -0.05) is 13.0 Å². The fourth-order valence-corrected chi connectivity index (χ4v) is 3.17. The van der Waals surface area contributed by atoms with Crippen LogP contribution in [0, 0.1) is 0 Å². The molecule has 90 valence electrons. The predicted molar refractivity (Wildman–Crippen MR) is 60.8 cm³/mol. The zero-order valence-electron chi connectivity index (χ0n) is 9.98. The lowest BCUT2D eigenvalue weighted by Gasteiger charge is -2.38. The summed E-state index contributed by atoms with van der Waals surface area (Å²) < 4.78 is 12.1. The first kappa shape index (κ1) is 14.8. The lowest BCUT2D eigenvalue weighted by Crippen LogP contribution is -2.37. The molecule has 5 heteroatoms. The van der Waals surface area contributed by atoms with Crippen molar-refractivity contribution in [2.75, 3.05) is 0 Å². The van der Waals surface area contributed by atoms with Crippen molar-refractivity contribution < 1.29 is 19.7 Å². The smallest absolute Gasteiger partial charge is 0.265 e. The van der Waals surface area contributed by atoms with Gasteiger partial charge >= 0.3 is 0 Å². The molecule has 0 aliphatic rings. The summed E-state index contributed by atoms with van der Waals surface area (Å²) in [6.45, 7) is 7.36. The van der Waals surface area contributed by atoms with Crippen LogP contribution in [0.2, 0.25) is 0 Å². The molecule has 0 spiro atoms. The normalized spacial score (nSPS) is 25.2. The van der Waals surface area contributed by atoms with Gasteiger partial charge < -0.3 is 15.1 Å². The van der Waals surface area contributed by atoms with Gasteiger partial charge in [0.05, 0.1) is 0 Å². The van der Waals surface area contributed by atoms with Crippen molar-refractivity contribution in [3.05, 3.63) is 11.6 Å². The molecule has 0 saturated carbocycles. The Hall–Kier alpha value is -0.150. The molecule has 0 heterocycles. The van der Waals surface area contributed by atoms with E-state index in [0.717, 1.165) is 0 Å². The largest absolute Gasteiger partial charge is 0.380 e. The van der Waals surface area contributed by atoms with Crippen LogP contribution in [0.5, 0.6) is 0 Å². The van der Waals surface area contributed by atoms with Gasteiger partial charge in [0, 0.05) is 0 Å². The van der Waals surface area contributed by atoms with Crippen molar-refractivity contribution in [1.82, 2.24) is 0 Å². The van der Waals surface area contributed by atoms with Gasteiger partial charge in [-0.25, -0.2) is 0 Å². The Morgan fingerprint density at radius 3 is 2.07 bits per heavy atom. The fraction of sp³-hybridized carbons (Fsp3) is 0.800. The Bertz CT molecular complexity index is 305. The molecule has 0 bridgehead atoms. The van der Waals surface area contributed by atoms with Crippen molar-refractivity contribution in [3.8, 4) is 0 Å². The van der Waals surface area contributed by atoms with Gasteiger partial charge in [0.2, 0.25) is 0 Å². The van der Waals surface area contributed by atoms with Crippen molar-refractivity contribution in [2.45, 2.75) is 51.7 Å². The van der Waals surface area contributed by atoms with Gasteiger partial charge in [-0.15, -0.1) is 0 Å². The Morgan fingerprint density at radius 1 is 1.40 bits per heavy atom. The predicted octanol–water partition coefficient (Wildman–Crippen LogP) is 2.05. The van der Waals surface area contributed by atoms with Crippen LogP contribution in [0.3, 0.4) is 0 Å². The van der Waals surface area contributed by atoms with Crippen molar-refractivity contribution in [2.24, 2.45) is 0 Å². The van der Waals surface area contributed by atoms with Crippen LogP contribution in [0.4, 0.5) is 0 Å². The van der Waals surface area contributed by atoms with Crippen LogP contribution in [0.1, 0.15) is 41.0 Å². The number of aliphatic hydroxyl groups is 2. The number of hydrogen-bond donors (Lipinski definition) is 3. The van der Waals surface area contributed by atoms with Crippen LogP contribution in [-0.2, 0) is 4.57 Å². The summed E-state index contributed by atoms with van der Waals surface area (Å²) in [4.78, 5) is 9.89. The van der Waals surface area contributed by atoms with E-state index in [4.69, 9.17) is 0 Å². The SMILES string of the molecule is CC=C(C)C(C)(O)P(=O)(O)C(C)(O)CC. The minimum atomic E-state index is -4.13. The molecule has 0 saturated heterocycles. The molecule has 3 atom stereocenters. The van der Waals surface area contributed by atoms with Crippen LogP contribution < -0.4 is 0 Å². The van der Waals surface area contributed by atoms with E-state index >= 15 is 0 Å². The third-order valence-electron chi connectivity index (χ3n) is 3.09. The molecule has 0 aromatic rings. The maximum absolute atomic E-state index is 12.1. The molecule has 0 radical (unpaired) electrons. The summed E-state index contributed by atoms with van der Waals surface area (Å²) in [5.74, 6) is 0. The minimum absolute atomic E-state index is 0.105. The summed E-state index contributed by atoms with van der Waals surface area (Å²) in [5.41, 5.74) is 0.377. The third-order valence-corrected chi connectivity index (χ3v) is 6.25. The molecule has 0 rings (SSSR count). The number of allylic oxidation sites excluding steroid dienone is 1. The fourth-order valence-electron chi connectivity index (χ4n) is 1.20.